The van der Waals surface area contributed by atoms with E-state index in [1.807, 2.05) is 0 Å². The van der Waals surface area contributed by atoms with E-state index in [9.17, 15) is 4.79 Å². The van der Waals surface area contributed by atoms with Gasteiger partial charge in [0.15, 0.2) is 0 Å². The van der Waals surface area contributed by atoms with Gasteiger partial charge in [0, 0.05) is 4.91 Å². The van der Waals surface area contributed by atoms with E-state index in [1.54, 1.807) is 0 Å². The molecule has 0 unspecified atom stereocenters. The highest BCUT2D eigenvalue weighted by atomic mass is 16.5. The number of carbonyl (C=O) groups is 1. The zero-order valence-electron chi connectivity index (χ0n) is 6.93. The van der Waals surface area contributed by atoms with Crippen LogP contribution < -0.4 is 0 Å². The zero-order valence-corrected chi connectivity index (χ0v) is 6.93. The van der Waals surface area contributed by atoms with Gasteiger partial charge in [0.2, 0.25) is 0 Å². The molecule has 0 N–H and O–H groups in total. The van der Waals surface area contributed by atoms with E-state index in [0.717, 1.165) is 0 Å². The number of rotatable bonds is 3. The molecule has 0 bridgehead atoms. The lowest BCUT2D eigenvalue weighted by Gasteiger charge is -1.96. The lowest BCUT2D eigenvalue weighted by atomic mass is 10.2. The van der Waals surface area contributed by atoms with Gasteiger partial charge in [0.1, 0.15) is 11.3 Å². The topological polar surface area (TPSA) is 88.2 Å². The molecule has 0 atom stereocenters. The predicted molar refractivity (Wildman–Crippen MR) is 42.9 cm³/mol. The van der Waals surface area contributed by atoms with Gasteiger partial charge in [-0.25, -0.2) is 4.79 Å². The van der Waals surface area contributed by atoms with Crippen molar-refractivity contribution in [1.82, 2.24) is 0 Å². The van der Waals surface area contributed by atoms with Gasteiger partial charge in [-0.05, 0) is 11.6 Å². The highest BCUT2D eigenvalue weighted by Gasteiger charge is 2.13. The second kappa shape index (κ2) is 4.18. The summed E-state index contributed by atoms with van der Waals surface area (Å²) in [6.45, 7) is 0.00787. The minimum absolute atomic E-state index is 0.00787. The van der Waals surface area contributed by atoms with Crippen molar-refractivity contribution in [3.05, 3.63) is 34.1 Å². The number of esters is 1. The maximum absolute atomic E-state index is 11.0. The van der Waals surface area contributed by atoms with Crippen LogP contribution in [0, 0.1) is 0 Å². The average molecular weight is 181 g/mol. The Hall–Kier alpha value is -1.94. The third-order valence-electron chi connectivity index (χ3n) is 1.43. The molecule has 0 aromatic carbocycles. The average Bonchev–Trinajstić information content (AvgIpc) is 2.61. The van der Waals surface area contributed by atoms with Crippen LogP contribution in [0.2, 0.25) is 0 Å². The van der Waals surface area contributed by atoms with Crippen LogP contribution in [0.5, 0.6) is 0 Å². The van der Waals surface area contributed by atoms with E-state index in [1.165, 1.54) is 19.4 Å². The summed E-state index contributed by atoms with van der Waals surface area (Å²) in [5, 5.41) is 3.27. The third kappa shape index (κ3) is 2.00. The SMILES string of the molecule is COC(=O)c1ccoc1CN=[N+]=[N-]. The number of methoxy groups -OCH3 is 1. The van der Waals surface area contributed by atoms with Gasteiger partial charge in [0.25, 0.3) is 0 Å². The molecule has 0 spiro atoms. The van der Waals surface area contributed by atoms with E-state index < -0.39 is 5.97 Å². The quantitative estimate of drug-likeness (QED) is 0.308. The van der Waals surface area contributed by atoms with Crippen LogP contribution in [0.1, 0.15) is 16.1 Å². The molecule has 0 aliphatic rings. The highest BCUT2D eigenvalue weighted by Crippen LogP contribution is 2.12. The summed E-state index contributed by atoms with van der Waals surface area (Å²) in [6.07, 6.45) is 1.34. The molecule has 0 saturated carbocycles. The Morgan fingerprint density at radius 1 is 1.85 bits per heavy atom. The normalized spacial score (nSPS) is 9.00. The summed E-state index contributed by atoms with van der Waals surface area (Å²) in [6, 6.07) is 1.47. The summed E-state index contributed by atoms with van der Waals surface area (Å²) >= 11 is 0. The first kappa shape index (κ1) is 9.15. The van der Waals surface area contributed by atoms with Gasteiger partial charge < -0.3 is 9.15 Å². The van der Waals surface area contributed by atoms with Crippen molar-refractivity contribution >= 4 is 5.97 Å². The van der Waals surface area contributed by atoms with Crippen LogP contribution in [0.25, 0.3) is 10.4 Å². The molecular weight excluding hydrogens is 174 g/mol. The van der Waals surface area contributed by atoms with Gasteiger partial charge >= 0.3 is 5.97 Å². The fourth-order valence-corrected chi connectivity index (χ4v) is 0.851. The number of hydrogen-bond acceptors (Lipinski definition) is 4. The smallest absolute Gasteiger partial charge is 0.341 e. The summed E-state index contributed by atoms with van der Waals surface area (Å²) < 4.78 is 9.41. The Labute approximate surface area is 73.7 Å². The van der Waals surface area contributed by atoms with Crippen LogP contribution in [0.4, 0.5) is 0 Å². The van der Waals surface area contributed by atoms with Crippen molar-refractivity contribution in [3.8, 4) is 0 Å². The first-order valence-corrected chi connectivity index (χ1v) is 3.45. The fraction of sp³-hybridized carbons (Fsp3) is 0.286. The Bertz CT molecular complexity index is 352. The lowest BCUT2D eigenvalue weighted by molar-refractivity contribution is 0.0598. The van der Waals surface area contributed by atoms with Crippen LogP contribution in [-0.2, 0) is 11.3 Å². The molecular formula is C7H7N3O3. The monoisotopic (exact) mass is 181 g/mol. The fourth-order valence-electron chi connectivity index (χ4n) is 0.851. The first-order chi connectivity index (χ1) is 6.29. The molecule has 1 rings (SSSR count). The Morgan fingerprint density at radius 2 is 2.62 bits per heavy atom. The highest BCUT2D eigenvalue weighted by molar-refractivity contribution is 5.90. The molecule has 0 fully saturated rings. The molecule has 0 amide bonds. The van der Waals surface area contributed by atoms with E-state index in [4.69, 9.17) is 9.95 Å². The summed E-state index contributed by atoms with van der Waals surface area (Å²) in [5.41, 5.74) is 8.34. The van der Waals surface area contributed by atoms with Crippen molar-refractivity contribution in [3.63, 3.8) is 0 Å². The number of hydrogen-bond donors (Lipinski definition) is 0. The number of ether oxygens (including phenoxy) is 1. The van der Waals surface area contributed by atoms with E-state index in [0.29, 0.717) is 5.76 Å². The van der Waals surface area contributed by atoms with Crippen LogP contribution >= 0.6 is 0 Å². The summed E-state index contributed by atoms with van der Waals surface area (Å²) in [4.78, 5) is 13.6. The first-order valence-electron chi connectivity index (χ1n) is 3.45. The van der Waals surface area contributed by atoms with Crippen molar-refractivity contribution in [2.45, 2.75) is 6.54 Å². The largest absolute Gasteiger partial charge is 0.468 e. The Kier molecular flexibility index (Phi) is 2.94. The third-order valence-corrected chi connectivity index (χ3v) is 1.43. The second-order valence-corrected chi connectivity index (χ2v) is 2.14. The molecule has 6 nitrogen and oxygen atoms in total. The van der Waals surface area contributed by atoms with Gasteiger partial charge in [-0.1, -0.05) is 5.11 Å². The standard InChI is InChI=1S/C7H7N3O3/c1-12-7(11)5-2-3-13-6(5)4-9-10-8/h2-3H,4H2,1H3. The van der Waals surface area contributed by atoms with Gasteiger partial charge in [0.05, 0.1) is 19.9 Å². The molecule has 1 aromatic rings. The summed E-state index contributed by atoms with van der Waals surface area (Å²) in [5.74, 6) is -0.193. The molecule has 1 heterocycles. The van der Waals surface area contributed by atoms with Crippen molar-refractivity contribution < 1.29 is 13.9 Å². The molecule has 0 saturated heterocycles. The molecule has 68 valence electrons. The zero-order chi connectivity index (χ0) is 9.68. The lowest BCUT2D eigenvalue weighted by Crippen LogP contribution is -2.02. The van der Waals surface area contributed by atoms with Gasteiger partial charge in [-0.2, -0.15) is 0 Å². The Morgan fingerprint density at radius 3 is 3.23 bits per heavy atom. The second-order valence-electron chi connectivity index (χ2n) is 2.14. The minimum Gasteiger partial charge on any atom is -0.468 e. The van der Waals surface area contributed by atoms with Gasteiger partial charge in [-0.3, -0.25) is 0 Å². The van der Waals surface area contributed by atoms with Crippen LogP contribution in [0.15, 0.2) is 21.9 Å². The number of carbonyl (C=O) groups excluding carboxylic acids is 1. The van der Waals surface area contributed by atoms with Crippen LogP contribution in [-0.4, -0.2) is 13.1 Å². The van der Waals surface area contributed by atoms with E-state index >= 15 is 0 Å². The predicted octanol–water partition coefficient (Wildman–Crippen LogP) is 1.88. The molecule has 13 heavy (non-hydrogen) atoms. The molecule has 0 radical (unpaired) electrons. The molecule has 0 aliphatic carbocycles. The maximum Gasteiger partial charge on any atom is 0.341 e. The van der Waals surface area contributed by atoms with Crippen molar-refractivity contribution in [1.29, 1.82) is 0 Å². The van der Waals surface area contributed by atoms with Gasteiger partial charge in [-0.15, -0.1) is 0 Å². The van der Waals surface area contributed by atoms with Crippen molar-refractivity contribution in [2.24, 2.45) is 5.11 Å². The summed E-state index contributed by atoms with van der Waals surface area (Å²) in [7, 11) is 1.27. The molecule has 0 aliphatic heterocycles. The van der Waals surface area contributed by atoms with E-state index in [2.05, 4.69) is 14.8 Å². The molecule has 1 aromatic heterocycles. The van der Waals surface area contributed by atoms with E-state index in [-0.39, 0.29) is 12.1 Å². The van der Waals surface area contributed by atoms with Crippen LogP contribution in [0.3, 0.4) is 0 Å². The van der Waals surface area contributed by atoms with Crippen molar-refractivity contribution in [2.75, 3.05) is 7.11 Å². The number of furan rings is 1. The maximum atomic E-state index is 11.0. The number of nitrogens with zero attached hydrogens (tertiary/aromatic N) is 3. The Balaban J connectivity index is 2.88. The minimum atomic E-state index is -0.503. The molecule has 6 heteroatoms. The number of azide groups is 1.